The van der Waals surface area contributed by atoms with Crippen molar-refractivity contribution in [1.82, 2.24) is 14.8 Å². The highest BCUT2D eigenvalue weighted by Gasteiger charge is 2.20. The molecule has 0 saturated carbocycles. The number of nitrogens with zero attached hydrogens (tertiary/aromatic N) is 3. The molecule has 1 amide bonds. The van der Waals surface area contributed by atoms with Crippen molar-refractivity contribution >= 4 is 23.4 Å². The fourth-order valence-corrected chi connectivity index (χ4v) is 3.85. The van der Waals surface area contributed by atoms with Gasteiger partial charge < -0.3 is 10.1 Å². The maximum Gasteiger partial charge on any atom is 0.235 e. The molecule has 0 unspecified atom stereocenters. The predicted octanol–water partition coefficient (Wildman–Crippen LogP) is 4.95. The number of halogens is 2. The molecule has 32 heavy (non-hydrogen) atoms. The van der Waals surface area contributed by atoms with Gasteiger partial charge in [-0.05, 0) is 36.4 Å². The van der Waals surface area contributed by atoms with E-state index in [1.807, 2.05) is 54.6 Å². The summed E-state index contributed by atoms with van der Waals surface area (Å²) in [6.45, 7) is 0. The van der Waals surface area contributed by atoms with Crippen LogP contribution in [0, 0.1) is 11.6 Å². The summed E-state index contributed by atoms with van der Waals surface area (Å²) in [5, 5.41) is 11.3. The number of nitrogens with one attached hydrogen (secondary N) is 1. The first-order chi connectivity index (χ1) is 15.6. The zero-order chi connectivity index (χ0) is 22.5. The van der Waals surface area contributed by atoms with Crippen molar-refractivity contribution in [1.29, 1.82) is 0 Å². The Balaban J connectivity index is 1.63. The van der Waals surface area contributed by atoms with Gasteiger partial charge in [0.1, 0.15) is 23.1 Å². The summed E-state index contributed by atoms with van der Waals surface area (Å²) in [6, 6.07) is 20.2. The lowest BCUT2D eigenvalue weighted by Crippen LogP contribution is -2.16. The van der Waals surface area contributed by atoms with Gasteiger partial charge in [-0.2, -0.15) is 0 Å². The summed E-state index contributed by atoms with van der Waals surface area (Å²) in [5.41, 5.74) is 1.05. The molecule has 3 aromatic carbocycles. The standard InChI is InChI=1S/C23H18F2N4O2S/c1-31-19-13-6-5-10-16(19)22-27-28-23(29(22)15-8-3-2-4-9-15)32-14-20(30)26-21-17(24)11-7-12-18(21)25/h2-13H,14H2,1H3,(H,26,30). The van der Waals surface area contributed by atoms with Gasteiger partial charge in [-0.1, -0.05) is 48.2 Å². The van der Waals surface area contributed by atoms with Gasteiger partial charge in [0.25, 0.3) is 0 Å². The number of thioether (sulfide) groups is 1. The minimum atomic E-state index is -0.839. The molecule has 0 saturated heterocycles. The zero-order valence-electron chi connectivity index (χ0n) is 17.0. The number of carbonyl (C=O) groups is 1. The van der Waals surface area contributed by atoms with E-state index in [0.717, 1.165) is 35.1 Å². The van der Waals surface area contributed by atoms with E-state index in [2.05, 4.69) is 15.5 Å². The van der Waals surface area contributed by atoms with Crippen molar-refractivity contribution in [3.8, 4) is 22.8 Å². The molecule has 0 radical (unpaired) electrons. The number of hydrogen-bond donors (Lipinski definition) is 1. The first-order valence-electron chi connectivity index (χ1n) is 9.59. The highest BCUT2D eigenvalue weighted by Crippen LogP contribution is 2.33. The maximum absolute atomic E-state index is 13.8. The Labute approximate surface area is 187 Å². The number of para-hydroxylation sites is 3. The van der Waals surface area contributed by atoms with Gasteiger partial charge in [0.2, 0.25) is 5.91 Å². The lowest BCUT2D eigenvalue weighted by atomic mass is 10.2. The zero-order valence-corrected chi connectivity index (χ0v) is 17.8. The third-order valence-corrected chi connectivity index (χ3v) is 5.48. The van der Waals surface area contributed by atoms with Gasteiger partial charge in [-0.15, -0.1) is 10.2 Å². The third kappa shape index (κ3) is 4.47. The average molecular weight is 452 g/mol. The minimum Gasteiger partial charge on any atom is -0.496 e. The molecular formula is C23H18F2N4O2S. The Morgan fingerprint density at radius 1 is 0.969 bits per heavy atom. The van der Waals surface area contributed by atoms with Crippen LogP contribution in [0.2, 0.25) is 0 Å². The molecule has 0 spiro atoms. The number of benzene rings is 3. The van der Waals surface area contributed by atoms with Crippen LogP contribution in [0.1, 0.15) is 0 Å². The van der Waals surface area contributed by atoms with Crippen LogP contribution < -0.4 is 10.1 Å². The van der Waals surface area contributed by atoms with Crippen molar-refractivity contribution in [2.45, 2.75) is 5.16 Å². The molecular weight excluding hydrogens is 434 g/mol. The van der Waals surface area contributed by atoms with Crippen LogP contribution in [0.15, 0.2) is 78.0 Å². The molecule has 0 atom stereocenters. The SMILES string of the molecule is COc1ccccc1-c1nnc(SCC(=O)Nc2c(F)cccc2F)n1-c1ccccc1. The number of carbonyl (C=O) groups excluding carboxylic acids is 1. The molecule has 1 heterocycles. The summed E-state index contributed by atoms with van der Waals surface area (Å²) < 4.78 is 34.9. The van der Waals surface area contributed by atoms with Crippen molar-refractivity contribution in [3.05, 3.63) is 84.4 Å². The lowest BCUT2D eigenvalue weighted by molar-refractivity contribution is -0.113. The normalized spacial score (nSPS) is 10.7. The third-order valence-electron chi connectivity index (χ3n) is 4.56. The number of ether oxygens (including phenoxy) is 1. The summed E-state index contributed by atoms with van der Waals surface area (Å²) in [6.07, 6.45) is 0. The summed E-state index contributed by atoms with van der Waals surface area (Å²) in [4.78, 5) is 12.4. The second-order valence-electron chi connectivity index (χ2n) is 6.61. The lowest BCUT2D eigenvalue weighted by Gasteiger charge is -2.12. The fourth-order valence-electron chi connectivity index (χ4n) is 3.10. The van der Waals surface area contributed by atoms with Crippen LogP contribution >= 0.6 is 11.8 Å². The molecule has 4 rings (SSSR count). The second kappa shape index (κ2) is 9.61. The van der Waals surface area contributed by atoms with Crippen molar-refractivity contribution < 1.29 is 18.3 Å². The number of rotatable bonds is 7. The van der Waals surface area contributed by atoms with E-state index in [9.17, 15) is 13.6 Å². The molecule has 0 aliphatic heterocycles. The van der Waals surface area contributed by atoms with Gasteiger partial charge in [0.05, 0.1) is 18.4 Å². The number of anilines is 1. The first-order valence-corrected chi connectivity index (χ1v) is 10.6. The monoisotopic (exact) mass is 452 g/mol. The van der Waals surface area contributed by atoms with Crippen molar-refractivity contribution in [2.24, 2.45) is 0 Å². The molecule has 0 fully saturated rings. The van der Waals surface area contributed by atoms with Gasteiger partial charge in [-0.3, -0.25) is 9.36 Å². The first kappa shape index (κ1) is 21.5. The Hall–Kier alpha value is -3.72. The topological polar surface area (TPSA) is 69.0 Å². The maximum atomic E-state index is 13.8. The van der Waals surface area contributed by atoms with E-state index in [1.165, 1.54) is 6.07 Å². The largest absolute Gasteiger partial charge is 0.496 e. The average Bonchev–Trinajstić information content (AvgIpc) is 3.24. The highest BCUT2D eigenvalue weighted by molar-refractivity contribution is 7.99. The number of methoxy groups -OCH3 is 1. The van der Waals surface area contributed by atoms with Crippen LogP contribution in [0.3, 0.4) is 0 Å². The van der Waals surface area contributed by atoms with Crippen LogP contribution in [0.25, 0.3) is 17.1 Å². The van der Waals surface area contributed by atoms with E-state index in [1.54, 1.807) is 11.7 Å². The quantitative estimate of drug-likeness (QED) is 0.402. The van der Waals surface area contributed by atoms with Crippen LogP contribution in [0.5, 0.6) is 5.75 Å². The molecule has 4 aromatic rings. The molecule has 1 aromatic heterocycles. The summed E-state index contributed by atoms with van der Waals surface area (Å²) >= 11 is 1.10. The predicted molar refractivity (Wildman–Crippen MR) is 119 cm³/mol. The van der Waals surface area contributed by atoms with E-state index >= 15 is 0 Å². The Morgan fingerprint density at radius 3 is 2.38 bits per heavy atom. The second-order valence-corrected chi connectivity index (χ2v) is 7.55. The van der Waals surface area contributed by atoms with Crippen molar-refractivity contribution in [2.75, 3.05) is 18.2 Å². The van der Waals surface area contributed by atoms with E-state index < -0.39 is 23.2 Å². The molecule has 0 aliphatic rings. The van der Waals surface area contributed by atoms with E-state index in [4.69, 9.17) is 4.74 Å². The molecule has 0 aliphatic carbocycles. The number of hydrogen-bond acceptors (Lipinski definition) is 5. The van der Waals surface area contributed by atoms with Crippen LogP contribution in [0.4, 0.5) is 14.5 Å². The van der Waals surface area contributed by atoms with Crippen molar-refractivity contribution in [3.63, 3.8) is 0 Å². The van der Waals surface area contributed by atoms with Crippen LogP contribution in [-0.2, 0) is 4.79 Å². The Kier molecular flexibility index (Phi) is 6.46. The minimum absolute atomic E-state index is 0.120. The highest BCUT2D eigenvalue weighted by atomic mass is 32.2. The van der Waals surface area contributed by atoms with Gasteiger partial charge in [0.15, 0.2) is 11.0 Å². The Morgan fingerprint density at radius 2 is 1.66 bits per heavy atom. The number of aromatic nitrogens is 3. The molecule has 162 valence electrons. The molecule has 0 bridgehead atoms. The molecule has 6 nitrogen and oxygen atoms in total. The fraction of sp³-hybridized carbons (Fsp3) is 0.0870. The molecule has 9 heteroatoms. The van der Waals surface area contributed by atoms with Crippen LogP contribution in [-0.4, -0.2) is 33.5 Å². The van der Waals surface area contributed by atoms with E-state index in [0.29, 0.717) is 16.7 Å². The smallest absolute Gasteiger partial charge is 0.235 e. The molecule has 1 N–H and O–H groups in total. The summed E-state index contributed by atoms with van der Waals surface area (Å²) in [5.74, 6) is -1.20. The van der Waals surface area contributed by atoms with Gasteiger partial charge in [0, 0.05) is 5.69 Å². The van der Waals surface area contributed by atoms with E-state index in [-0.39, 0.29) is 5.75 Å². The Bertz CT molecular complexity index is 1230. The summed E-state index contributed by atoms with van der Waals surface area (Å²) in [7, 11) is 1.57. The van der Waals surface area contributed by atoms with Gasteiger partial charge >= 0.3 is 0 Å². The number of amides is 1. The van der Waals surface area contributed by atoms with Gasteiger partial charge in [-0.25, -0.2) is 8.78 Å².